The van der Waals surface area contributed by atoms with Crippen molar-refractivity contribution < 1.29 is 4.79 Å². The van der Waals surface area contributed by atoms with E-state index in [2.05, 4.69) is 41.8 Å². The van der Waals surface area contributed by atoms with E-state index in [1.54, 1.807) is 0 Å². The lowest BCUT2D eigenvalue weighted by molar-refractivity contribution is -0.121. The normalized spacial score (nSPS) is 12.2. The molecule has 1 aromatic rings. The van der Waals surface area contributed by atoms with E-state index < -0.39 is 0 Å². The van der Waals surface area contributed by atoms with Crippen molar-refractivity contribution in [3.8, 4) is 0 Å². The Hall–Kier alpha value is -1.35. The molecule has 1 unspecified atom stereocenters. The average Bonchev–Trinajstić information content (AvgIpc) is 2.36. The summed E-state index contributed by atoms with van der Waals surface area (Å²) >= 11 is 0. The molecule has 0 radical (unpaired) electrons. The van der Waals surface area contributed by atoms with Crippen LogP contribution in [0.3, 0.4) is 0 Å². The molecular formula is C14H22N2O. The molecule has 0 bridgehead atoms. The molecule has 0 aliphatic carbocycles. The summed E-state index contributed by atoms with van der Waals surface area (Å²) in [5.74, 6) is 0.0893. The van der Waals surface area contributed by atoms with Gasteiger partial charge in [0.15, 0.2) is 0 Å². The van der Waals surface area contributed by atoms with Crippen LogP contribution in [0.1, 0.15) is 37.4 Å². The van der Waals surface area contributed by atoms with Crippen molar-refractivity contribution in [2.24, 2.45) is 0 Å². The second-order valence-corrected chi connectivity index (χ2v) is 4.24. The summed E-state index contributed by atoms with van der Waals surface area (Å²) < 4.78 is 0. The minimum absolute atomic E-state index is 0.0743. The summed E-state index contributed by atoms with van der Waals surface area (Å²) in [6, 6.07) is 8.48. The average molecular weight is 234 g/mol. The fourth-order valence-corrected chi connectivity index (χ4v) is 1.68. The Kier molecular flexibility index (Phi) is 5.70. The highest BCUT2D eigenvalue weighted by molar-refractivity contribution is 5.76. The maximum Gasteiger partial charge on any atom is 0.221 e. The van der Waals surface area contributed by atoms with Gasteiger partial charge >= 0.3 is 0 Å². The van der Waals surface area contributed by atoms with E-state index >= 15 is 0 Å². The molecule has 2 N–H and O–H groups in total. The number of carbonyl (C=O) groups excluding carboxylic acids is 1. The van der Waals surface area contributed by atoms with E-state index in [4.69, 9.17) is 0 Å². The Labute approximate surface area is 104 Å². The van der Waals surface area contributed by atoms with E-state index in [-0.39, 0.29) is 11.9 Å². The minimum atomic E-state index is 0.0743. The first-order valence-corrected chi connectivity index (χ1v) is 6.20. The van der Waals surface area contributed by atoms with Gasteiger partial charge < -0.3 is 10.6 Å². The molecule has 3 heteroatoms. The maximum absolute atomic E-state index is 11.6. The van der Waals surface area contributed by atoms with Crippen LogP contribution >= 0.6 is 0 Å². The lowest BCUT2D eigenvalue weighted by atomic mass is 10.0. The highest BCUT2D eigenvalue weighted by atomic mass is 16.1. The minimum Gasteiger partial charge on any atom is -0.350 e. The molecule has 0 heterocycles. The molecule has 3 nitrogen and oxygen atoms in total. The summed E-state index contributed by atoms with van der Waals surface area (Å²) in [5.41, 5.74) is 2.47. The molecule has 0 saturated carbocycles. The van der Waals surface area contributed by atoms with Gasteiger partial charge in [0.05, 0.1) is 6.04 Å². The van der Waals surface area contributed by atoms with Gasteiger partial charge in [-0.15, -0.1) is 0 Å². The van der Waals surface area contributed by atoms with Crippen LogP contribution in [0, 0.1) is 0 Å². The Morgan fingerprint density at radius 2 is 1.94 bits per heavy atom. The lowest BCUT2D eigenvalue weighted by Gasteiger charge is -2.14. The summed E-state index contributed by atoms with van der Waals surface area (Å²) in [6.45, 7) is 4.86. The Morgan fingerprint density at radius 3 is 2.47 bits per heavy atom. The van der Waals surface area contributed by atoms with Crippen LogP contribution < -0.4 is 10.6 Å². The van der Waals surface area contributed by atoms with Crippen molar-refractivity contribution in [2.75, 3.05) is 13.6 Å². The van der Waals surface area contributed by atoms with Crippen LogP contribution in [-0.2, 0) is 11.2 Å². The van der Waals surface area contributed by atoms with Gasteiger partial charge in [-0.05, 0) is 31.5 Å². The predicted octanol–water partition coefficient (Wildman–Crippen LogP) is 2.04. The number of hydrogen-bond acceptors (Lipinski definition) is 2. The number of rotatable bonds is 6. The molecule has 1 rings (SSSR count). The molecule has 0 saturated heterocycles. The summed E-state index contributed by atoms with van der Waals surface area (Å²) in [6.07, 6.45) is 1.57. The standard InChI is InChI=1S/C14H22N2O/c1-4-12-5-7-13(8-6-12)11(2)16-14(17)9-10-15-3/h5-8,11,15H,4,9-10H2,1-3H3,(H,16,17). The number of hydrogen-bond donors (Lipinski definition) is 2. The molecule has 0 aromatic heterocycles. The zero-order chi connectivity index (χ0) is 12.7. The van der Waals surface area contributed by atoms with E-state index in [1.807, 2.05) is 14.0 Å². The molecule has 0 aliphatic heterocycles. The lowest BCUT2D eigenvalue weighted by Crippen LogP contribution is -2.29. The number of benzene rings is 1. The second kappa shape index (κ2) is 7.07. The molecule has 0 aliphatic rings. The largest absolute Gasteiger partial charge is 0.350 e. The maximum atomic E-state index is 11.6. The topological polar surface area (TPSA) is 41.1 Å². The van der Waals surface area contributed by atoms with Gasteiger partial charge in [-0.1, -0.05) is 31.2 Å². The predicted molar refractivity (Wildman–Crippen MR) is 70.9 cm³/mol. The van der Waals surface area contributed by atoms with E-state index in [0.717, 1.165) is 12.0 Å². The quantitative estimate of drug-likeness (QED) is 0.791. The number of carbonyl (C=O) groups is 1. The summed E-state index contributed by atoms with van der Waals surface area (Å²) in [7, 11) is 1.85. The van der Waals surface area contributed by atoms with Crippen LogP contribution in [0.25, 0.3) is 0 Å². The van der Waals surface area contributed by atoms with Gasteiger partial charge in [-0.3, -0.25) is 4.79 Å². The van der Waals surface area contributed by atoms with Crippen molar-refractivity contribution in [1.29, 1.82) is 0 Å². The highest BCUT2D eigenvalue weighted by Gasteiger charge is 2.08. The van der Waals surface area contributed by atoms with Crippen molar-refractivity contribution in [2.45, 2.75) is 32.7 Å². The third kappa shape index (κ3) is 4.57. The molecule has 94 valence electrons. The fourth-order valence-electron chi connectivity index (χ4n) is 1.68. The molecule has 17 heavy (non-hydrogen) atoms. The van der Waals surface area contributed by atoms with Crippen molar-refractivity contribution in [3.63, 3.8) is 0 Å². The van der Waals surface area contributed by atoms with Gasteiger partial charge in [0.2, 0.25) is 5.91 Å². The van der Waals surface area contributed by atoms with Crippen LogP contribution in [0.5, 0.6) is 0 Å². The first-order chi connectivity index (χ1) is 8.17. The number of aryl methyl sites for hydroxylation is 1. The third-order valence-electron chi connectivity index (χ3n) is 2.87. The molecular weight excluding hydrogens is 212 g/mol. The SMILES string of the molecule is CCc1ccc(C(C)NC(=O)CCNC)cc1. The van der Waals surface area contributed by atoms with Gasteiger partial charge in [0.25, 0.3) is 0 Å². The van der Waals surface area contributed by atoms with Crippen LogP contribution in [0.2, 0.25) is 0 Å². The molecule has 1 aromatic carbocycles. The Balaban J connectivity index is 2.51. The van der Waals surface area contributed by atoms with Gasteiger partial charge in [-0.2, -0.15) is 0 Å². The summed E-state index contributed by atoms with van der Waals surface area (Å²) in [5, 5.41) is 5.96. The Bertz CT molecular complexity index is 346. The molecule has 0 fully saturated rings. The Morgan fingerprint density at radius 1 is 1.29 bits per heavy atom. The van der Waals surface area contributed by atoms with Crippen LogP contribution in [0.15, 0.2) is 24.3 Å². The van der Waals surface area contributed by atoms with Gasteiger partial charge in [0, 0.05) is 13.0 Å². The molecule has 1 atom stereocenters. The van der Waals surface area contributed by atoms with Crippen molar-refractivity contribution >= 4 is 5.91 Å². The zero-order valence-electron chi connectivity index (χ0n) is 10.9. The second-order valence-electron chi connectivity index (χ2n) is 4.24. The fraction of sp³-hybridized carbons (Fsp3) is 0.500. The van der Waals surface area contributed by atoms with Gasteiger partial charge in [-0.25, -0.2) is 0 Å². The summed E-state index contributed by atoms with van der Waals surface area (Å²) in [4.78, 5) is 11.6. The van der Waals surface area contributed by atoms with Crippen molar-refractivity contribution in [3.05, 3.63) is 35.4 Å². The van der Waals surface area contributed by atoms with E-state index in [9.17, 15) is 4.79 Å². The zero-order valence-corrected chi connectivity index (χ0v) is 10.9. The van der Waals surface area contributed by atoms with Gasteiger partial charge in [0.1, 0.15) is 0 Å². The van der Waals surface area contributed by atoms with Crippen LogP contribution in [-0.4, -0.2) is 19.5 Å². The molecule has 1 amide bonds. The van der Waals surface area contributed by atoms with E-state index in [1.165, 1.54) is 5.56 Å². The van der Waals surface area contributed by atoms with Crippen LogP contribution in [0.4, 0.5) is 0 Å². The highest BCUT2D eigenvalue weighted by Crippen LogP contribution is 2.13. The van der Waals surface area contributed by atoms with Crippen molar-refractivity contribution in [1.82, 2.24) is 10.6 Å². The molecule has 0 spiro atoms. The smallest absolute Gasteiger partial charge is 0.221 e. The first kappa shape index (κ1) is 13.7. The monoisotopic (exact) mass is 234 g/mol. The first-order valence-electron chi connectivity index (χ1n) is 6.20. The van der Waals surface area contributed by atoms with E-state index in [0.29, 0.717) is 13.0 Å². The number of amides is 1. The number of nitrogens with one attached hydrogen (secondary N) is 2. The third-order valence-corrected chi connectivity index (χ3v) is 2.87.